The number of hydrogen-bond donors (Lipinski definition) is 0. The van der Waals surface area contributed by atoms with Crippen LogP contribution in [0.25, 0.3) is 0 Å². The van der Waals surface area contributed by atoms with Crippen LogP contribution in [-0.2, 0) is 0 Å². The van der Waals surface area contributed by atoms with Crippen LogP contribution in [0.4, 0.5) is 8.78 Å². The lowest BCUT2D eigenvalue weighted by molar-refractivity contribution is 0.469. The summed E-state index contributed by atoms with van der Waals surface area (Å²) in [4.78, 5) is 0. The minimum absolute atomic E-state index is 0.171. The second kappa shape index (κ2) is 11.7. The summed E-state index contributed by atoms with van der Waals surface area (Å²) in [5, 5.41) is 0. The van der Waals surface area contributed by atoms with E-state index in [1.54, 1.807) is 0 Å². The predicted molar refractivity (Wildman–Crippen MR) is 56.8 cm³/mol. The van der Waals surface area contributed by atoms with Gasteiger partial charge in [0.25, 0.3) is 0 Å². The van der Waals surface area contributed by atoms with E-state index < -0.39 is 0 Å². The number of rotatable bonds is 9. The van der Waals surface area contributed by atoms with Crippen LogP contribution in [0.1, 0.15) is 25.7 Å². The molecule has 0 aromatic heterocycles. The smallest absolute Gasteiger partial charge is 0.0894 e. The first kappa shape index (κ1) is 12.7. The molecule has 0 rings (SSSR count). The van der Waals surface area contributed by atoms with Gasteiger partial charge in [-0.25, -0.2) is 0 Å². The third kappa shape index (κ3) is 10.7. The van der Waals surface area contributed by atoms with Crippen LogP contribution in [0, 0.1) is 0 Å². The van der Waals surface area contributed by atoms with E-state index in [1.165, 1.54) is 12.3 Å². The van der Waals surface area contributed by atoms with Crippen molar-refractivity contribution in [2.75, 3.05) is 25.7 Å². The Morgan fingerprint density at radius 2 is 1.08 bits per heavy atom. The summed E-state index contributed by atoms with van der Waals surface area (Å²) in [6, 6.07) is 0. The summed E-state index contributed by atoms with van der Waals surface area (Å²) in [5.74, 6) is 0. The highest BCUT2D eigenvalue weighted by molar-refractivity contribution is 8.11. The molecule has 0 aliphatic rings. The molecule has 4 heteroatoms. The third-order valence-corrected chi connectivity index (χ3v) is 5.20. The molecule has 0 aromatic carbocycles. The molecule has 0 bridgehead atoms. The lowest BCUT2D eigenvalue weighted by Gasteiger charge is -1.99. The molecule has 0 saturated heterocycles. The first-order valence-electron chi connectivity index (χ1n) is 4.49. The molecule has 0 saturated carbocycles. The van der Waals surface area contributed by atoms with Crippen LogP contribution >= 0.6 is 16.5 Å². The molecular weight excluding hydrogens is 196 g/mol. The average molecular weight is 214 g/mol. The van der Waals surface area contributed by atoms with Crippen molar-refractivity contribution < 1.29 is 8.78 Å². The standard InChI is InChI=1S/C8H18F2P2/c9-5-1-3-7-11-12-8-4-2-6-10/h11-12H,1-8H2. The summed E-state index contributed by atoms with van der Waals surface area (Å²) in [5.41, 5.74) is 0. The lowest BCUT2D eigenvalue weighted by atomic mass is 10.4. The molecule has 0 fully saturated rings. The zero-order valence-corrected chi connectivity index (χ0v) is 9.41. The Morgan fingerprint density at radius 1 is 0.667 bits per heavy atom. The Hall–Kier alpha value is 0.720. The molecule has 0 radical (unpaired) electrons. The van der Waals surface area contributed by atoms with E-state index in [-0.39, 0.29) is 13.3 Å². The van der Waals surface area contributed by atoms with Gasteiger partial charge in [-0.2, -0.15) is 0 Å². The number of alkyl halides is 2. The largest absolute Gasteiger partial charge is 0.251 e. The van der Waals surface area contributed by atoms with E-state index in [9.17, 15) is 8.78 Å². The molecule has 74 valence electrons. The minimum Gasteiger partial charge on any atom is -0.251 e. The van der Waals surface area contributed by atoms with Crippen molar-refractivity contribution in [3.05, 3.63) is 0 Å². The van der Waals surface area contributed by atoms with E-state index in [2.05, 4.69) is 0 Å². The van der Waals surface area contributed by atoms with Crippen LogP contribution in [0.3, 0.4) is 0 Å². The fourth-order valence-corrected chi connectivity index (χ4v) is 4.12. The van der Waals surface area contributed by atoms with Gasteiger partial charge in [0.05, 0.1) is 13.3 Å². The van der Waals surface area contributed by atoms with Crippen LogP contribution < -0.4 is 0 Å². The predicted octanol–water partition coefficient (Wildman–Crippen LogP) is 3.76. The fourth-order valence-electron chi connectivity index (χ4n) is 0.793. The van der Waals surface area contributed by atoms with Crippen LogP contribution in [0.2, 0.25) is 0 Å². The van der Waals surface area contributed by atoms with Gasteiger partial charge in [-0.15, -0.1) is 0 Å². The highest BCUT2D eigenvalue weighted by Gasteiger charge is 1.90. The average Bonchev–Trinajstić information content (AvgIpc) is 2.10. The van der Waals surface area contributed by atoms with E-state index in [1.807, 2.05) is 0 Å². The monoisotopic (exact) mass is 214 g/mol. The van der Waals surface area contributed by atoms with Crippen molar-refractivity contribution in [2.24, 2.45) is 0 Å². The summed E-state index contributed by atoms with van der Waals surface area (Å²) in [7, 11) is 1.98. The maximum absolute atomic E-state index is 11.6. The van der Waals surface area contributed by atoms with Crippen LogP contribution in [0.15, 0.2) is 0 Å². The molecule has 0 heterocycles. The SMILES string of the molecule is FCCCCPPCCCCF. The number of halogens is 2. The van der Waals surface area contributed by atoms with Crippen molar-refractivity contribution >= 4 is 16.5 Å². The quantitative estimate of drug-likeness (QED) is 0.405. The Labute approximate surface area is 77.3 Å². The number of hydrogen-bond acceptors (Lipinski definition) is 0. The van der Waals surface area contributed by atoms with Crippen LogP contribution in [-0.4, -0.2) is 25.7 Å². The highest BCUT2D eigenvalue weighted by atomic mass is 32.0. The molecule has 0 aliphatic carbocycles. The molecule has 12 heavy (non-hydrogen) atoms. The second-order valence-corrected chi connectivity index (χ2v) is 6.47. The molecule has 0 aliphatic heterocycles. The Balaban J connectivity index is 2.73. The Morgan fingerprint density at radius 3 is 1.42 bits per heavy atom. The van der Waals surface area contributed by atoms with E-state index in [0.29, 0.717) is 0 Å². The molecule has 0 nitrogen and oxygen atoms in total. The zero-order valence-electron chi connectivity index (χ0n) is 7.41. The maximum atomic E-state index is 11.6. The van der Waals surface area contributed by atoms with Gasteiger partial charge < -0.3 is 0 Å². The molecule has 0 spiro atoms. The van der Waals surface area contributed by atoms with Crippen LogP contribution in [0.5, 0.6) is 0 Å². The highest BCUT2D eigenvalue weighted by Crippen LogP contribution is 2.37. The summed E-state index contributed by atoms with van der Waals surface area (Å²) >= 11 is 0. The van der Waals surface area contributed by atoms with E-state index >= 15 is 0 Å². The van der Waals surface area contributed by atoms with Crippen molar-refractivity contribution in [3.8, 4) is 0 Å². The van der Waals surface area contributed by atoms with Crippen molar-refractivity contribution in [3.63, 3.8) is 0 Å². The van der Waals surface area contributed by atoms with Gasteiger partial charge in [0.2, 0.25) is 0 Å². The number of unbranched alkanes of at least 4 members (excludes halogenated alkanes) is 2. The van der Waals surface area contributed by atoms with Crippen molar-refractivity contribution in [1.29, 1.82) is 0 Å². The molecular formula is C8H18F2P2. The van der Waals surface area contributed by atoms with E-state index in [0.717, 1.165) is 42.2 Å². The molecule has 0 N–H and O–H groups in total. The van der Waals surface area contributed by atoms with E-state index in [4.69, 9.17) is 0 Å². The Kier molecular flexibility index (Phi) is 12.4. The zero-order chi connectivity index (χ0) is 9.07. The fraction of sp³-hybridized carbons (Fsp3) is 1.00. The lowest BCUT2D eigenvalue weighted by Crippen LogP contribution is -1.80. The molecule has 2 unspecified atom stereocenters. The van der Waals surface area contributed by atoms with Crippen molar-refractivity contribution in [1.82, 2.24) is 0 Å². The third-order valence-electron chi connectivity index (χ3n) is 1.50. The summed E-state index contributed by atoms with van der Waals surface area (Å²) in [6.07, 6.45) is 5.87. The normalized spacial score (nSPS) is 12.5. The van der Waals surface area contributed by atoms with Gasteiger partial charge in [0, 0.05) is 0 Å². The Bertz CT molecular complexity index is 71.5. The second-order valence-electron chi connectivity index (χ2n) is 2.65. The van der Waals surface area contributed by atoms with Crippen molar-refractivity contribution in [2.45, 2.75) is 25.7 Å². The molecule has 2 atom stereocenters. The first-order valence-corrected chi connectivity index (χ1v) is 7.91. The summed E-state index contributed by atoms with van der Waals surface area (Å²) in [6.45, 7) is -0.342. The van der Waals surface area contributed by atoms with Gasteiger partial charge in [-0.3, -0.25) is 8.78 Å². The summed E-state index contributed by atoms with van der Waals surface area (Å²) < 4.78 is 23.3. The minimum atomic E-state index is -0.171. The van der Waals surface area contributed by atoms with Gasteiger partial charge in [0.15, 0.2) is 0 Å². The van der Waals surface area contributed by atoms with Gasteiger partial charge in [0.1, 0.15) is 0 Å². The molecule has 0 amide bonds. The maximum Gasteiger partial charge on any atom is 0.0894 e. The topological polar surface area (TPSA) is 0 Å². The first-order chi connectivity index (χ1) is 5.91. The van der Waals surface area contributed by atoms with Gasteiger partial charge in [-0.1, -0.05) is 16.5 Å². The molecule has 0 aromatic rings. The van der Waals surface area contributed by atoms with Gasteiger partial charge in [-0.05, 0) is 38.0 Å². The van der Waals surface area contributed by atoms with Gasteiger partial charge >= 0.3 is 0 Å².